The van der Waals surface area contributed by atoms with E-state index in [1.165, 1.54) is 30.8 Å². The van der Waals surface area contributed by atoms with Crippen molar-refractivity contribution in [2.24, 2.45) is 5.92 Å². The SMILES string of the molecule is O=C(c1cc(Cl)ncn1)c1cn2c(n1)CCC(C1CC1)=C2. The summed E-state index contributed by atoms with van der Waals surface area (Å²) in [6.07, 6.45) is 9.73. The molecular formula is C15H13ClN4O. The number of hydrogen-bond acceptors (Lipinski definition) is 4. The van der Waals surface area contributed by atoms with Gasteiger partial charge in [-0.2, -0.15) is 0 Å². The van der Waals surface area contributed by atoms with E-state index in [9.17, 15) is 4.79 Å². The van der Waals surface area contributed by atoms with Gasteiger partial charge in [-0.25, -0.2) is 15.0 Å². The molecule has 2 aliphatic rings. The van der Waals surface area contributed by atoms with Crippen molar-refractivity contribution in [3.63, 3.8) is 0 Å². The number of carbonyl (C=O) groups excluding carboxylic acids is 1. The smallest absolute Gasteiger partial charge is 0.231 e. The minimum atomic E-state index is -0.220. The topological polar surface area (TPSA) is 60.7 Å². The van der Waals surface area contributed by atoms with E-state index < -0.39 is 0 Å². The highest BCUT2D eigenvalue weighted by Gasteiger charge is 2.28. The Morgan fingerprint density at radius 1 is 1.24 bits per heavy atom. The number of halogens is 1. The van der Waals surface area contributed by atoms with Gasteiger partial charge in [-0.3, -0.25) is 4.79 Å². The Bertz CT molecular complexity index is 761. The molecule has 106 valence electrons. The molecular weight excluding hydrogens is 288 g/mol. The van der Waals surface area contributed by atoms with Crippen LogP contribution >= 0.6 is 11.6 Å². The van der Waals surface area contributed by atoms with Crippen molar-refractivity contribution in [3.8, 4) is 0 Å². The average molecular weight is 301 g/mol. The number of allylic oxidation sites excluding steroid dienone is 1. The maximum Gasteiger partial charge on any atom is 0.231 e. The fourth-order valence-corrected chi connectivity index (χ4v) is 2.84. The first-order chi connectivity index (χ1) is 10.2. The van der Waals surface area contributed by atoms with Crippen LogP contribution in [-0.4, -0.2) is 25.3 Å². The maximum atomic E-state index is 12.4. The molecule has 21 heavy (non-hydrogen) atoms. The Morgan fingerprint density at radius 2 is 2.10 bits per heavy atom. The highest BCUT2D eigenvalue weighted by Crippen LogP contribution is 2.40. The third-order valence-corrected chi connectivity index (χ3v) is 4.16. The van der Waals surface area contributed by atoms with Crippen LogP contribution in [0.2, 0.25) is 5.15 Å². The number of nitrogens with zero attached hydrogens (tertiary/aromatic N) is 4. The van der Waals surface area contributed by atoms with E-state index in [0.29, 0.717) is 5.69 Å². The number of aromatic nitrogens is 4. The fourth-order valence-electron chi connectivity index (χ4n) is 2.69. The summed E-state index contributed by atoms with van der Waals surface area (Å²) < 4.78 is 1.98. The first-order valence-electron chi connectivity index (χ1n) is 7.01. The second kappa shape index (κ2) is 4.77. The lowest BCUT2D eigenvalue weighted by Gasteiger charge is -2.13. The molecule has 6 heteroatoms. The van der Waals surface area contributed by atoms with Gasteiger partial charge in [-0.1, -0.05) is 11.6 Å². The molecule has 0 unspecified atom stereocenters. The zero-order valence-corrected chi connectivity index (χ0v) is 12.0. The third kappa shape index (κ3) is 2.38. The minimum Gasteiger partial charge on any atom is -0.310 e. The summed E-state index contributed by atoms with van der Waals surface area (Å²) in [5, 5.41) is 0.258. The van der Waals surface area contributed by atoms with Crippen molar-refractivity contribution >= 4 is 23.6 Å². The van der Waals surface area contributed by atoms with Gasteiger partial charge >= 0.3 is 0 Å². The maximum absolute atomic E-state index is 12.4. The zero-order valence-electron chi connectivity index (χ0n) is 11.3. The van der Waals surface area contributed by atoms with Crippen molar-refractivity contribution in [1.29, 1.82) is 0 Å². The van der Waals surface area contributed by atoms with E-state index in [1.807, 2.05) is 4.57 Å². The van der Waals surface area contributed by atoms with E-state index >= 15 is 0 Å². The summed E-state index contributed by atoms with van der Waals surface area (Å²) >= 11 is 5.80. The first-order valence-corrected chi connectivity index (χ1v) is 7.39. The molecule has 0 atom stereocenters. The van der Waals surface area contributed by atoms with Gasteiger partial charge in [0.15, 0.2) is 0 Å². The standard InChI is InChI=1S/C15H13ClN4O/c16-13-5-11(17-8-18-13)15(21)12-7-20-6-10(9-1-2-9)3-4-14(20)19-12/h5-9H,1-4H2. The van der Waals surface area contributed by atoms with Crippen molar-refractivity contribution in [1.82, 2.24) is 19.5 Å². The number of fused-ring (bicyclic) bond motifs is 1. The largest absolute Gasteiger partial charge is 0.310 e. The number of rotatable bonds is 3. The number of carbonyl (C=O) groups is 1. The van der Waals surface area contributed by atoms with Crippen LogP contribution in [-0.2, 0) is 6.42 Å². The minimum absolute atomic E-state index is 0.220. The highest BCUT2D eigenvalue weighted by molar-refractivity contribution is 6.29. The Morgan fingerprint density at radius 3 is 2.86 bits per heavy atom. The van der Waals surface area contributed by atoms with Gasteiger partial charge in [0.1, 0.15) is 28.7 Å². The molecule has 0 bridgehead atoms. The van der Waals surface area contributed by atoms with E-state index in [4.69, 9.17) is 11.6 Å². The molecule has 0 aromatic carbocycles. The second-order valence-electron chi connectivity index (χ2n) is 5.48. The molecule has 0 N–H and O–H groups in total. The van der Waals surface area contributed by atoms with Gasteiger partial charge in [0.2, 0.25) is 5.78 Å². The van der Waals surface area contributed by atoms with E-state index in [0.717, 1.165) is 24.6 Å². The molecule has 4 rings (SSSR count). The number of ketones is 1. The normalized spacial score (nSPS) is 17.3. The second-order valence-corrected chi connectivity index (χ2v) is 5.87. The first kappa shape index (κ1) is 12.7. The predicted octanol–water partition coefficient (Wildman–Crippen LogP) is 2.75. The van der Waals surface area contributed by atoms with Gasteiger partial charge < -0.3 is 4.57 Å². The molecule has 0 radical (unpaired) electrons. The molecule has 2 aromatic heterocycles. The van der Waals surface area contributed by atoms with Crippen LogP contribution in [0.1, 0.15) is 41.3 Å². The lowest BCUT2D eigenvalue weighted by atomic mass is 10.0. The Balaban J connectivity index is 1.67. The van der Waals surface area contributed by atoms with Gasteiger partial charge in [0.25, 0.3) is 0 Å². The zero-order chi connectivity index (χ0) is 14.4. The summed E-state index contributed by atoms with van der Waals surface area (Å²) in [5.41, 5.74) is 2.16. The van der Waals surface area contributed by atoms with Crippen molar-refractivity contribution in [2.45, 2.75) is 25.7 Å². The monoisotopic (exact) mass is 300 g/mol. The summed E-state index contributed by atoms with van der Waals surface area (Å²) in [7, 11) is 0. The molecule has 1 saturated carbocycles. The quantitative estimate of drug-likeness (QED) is 0.646. The van der Waals surface area contributed by atoms with Crippen molar-refractivity contribution in [2.75, 3.05) is 0 Å². The molecule has 1 aliphatic carbocycles. The summed E-state index contributed by atoms with van der Waals surface area (Å²) in [4.78, 5) is 24.6. The number of aryl methyl sites for hydroxylation is 1. The molecule has 0 amide bonds. The summed E-state index contributed by atoms with van der Waals surface area (Å²) in [6.45, 7) is 0. The van der Waals surface area contributed by atoms with Crippen LogP contribution in [0.5, 0.6) is 0 Å². The van der Waals surface area contributed by atoms with E-state index in [1.54, 1.807) is 6.20 Å². The molecule has 3 heterocycles. The van der Waals surface area contributed by atoms with Crippen molar-refractivity contribution in [3.05, 3.63) is 46.5 Å². The molecule has 0 spiro atoms. The number of hydrogen-bond donors (Lipinski definition) is 0. The van der Waals surface area contributed by atoms with Gasteiger partial charge in [0.05, 0.1) is 0 Å². The van der Waals surface area contributed by atoms with Gasteiger partial charge in [-0.15, -0.1) is 0 Å². The lowest BCUT2D eigenvalue weighted by molar-refractivity contribution is 0.103. The number of imidazole rings is 1. The Kier molecular flexibility index (Phi) is 2.89. The van der Waals surface area contributed by atoms with Crippen LogP contribution in [0, 0.1) is 5.92 Å². The lowest BCUT2D eigenvalue weighted by Crippen LogP contribution is -2.06. The summed E-state index contributed by atoms with van der Waals surface area (Å²) in [5.74, 6) is 1.46. The van der Waals surface area contributed by atoms with Crippen LogP contribution < -0.4 is 0 Å². The van der Waals surface area contributed by atoms with Gasteiger partial charge in [-0.05, 0) is 30.8 Å². The third-order valence-electron chi connectivity index (χ3n) is 3.95. The van der Waals surface area contributed by atoms with E-state index in [-0.39, 0.29) is 16.6 Å². The summed E-state index contributed by atoms with van der Waals surface area (Å²) in [6, 6.07) is 1.47. The van der Waals surface area contributed by atoms with Crippen LogP contribution in [0.25, 0.3) is 6.20 Å². The average Bonchev–Trinajstić information content (AvgIpc) is 3.25. The van der Waals surface area contributed by atoms with E-state index in [2.05, 4.69) is 21.2 Å². The molecule has 5 nitrogen and oxygen atoms in total. The molecule has 1 fully saturated rings. The fraction of sp³-hybridized carbons (Fsp3) is 0.333. The molecule has 2 aromatic rings. The molecule has 1 aliphatic heterocycles. The van der Waals surface area contributed by atoms with Crippen molar-refractivity contribution < 1.29 is 4.79 Å². The predicted molar refractivity (Wildman–Crippen MR) is 78.0 cm³/mol. The molecule has 0 saturated heterocycles. The highest BCUT2D eigenvalue weighted by atomic mass is 35.5. The van der Waals surface area contributed by atoms with Crippen LogP contribution in [0.15, 0.2) is 24.2 Å². The Hall–Kier alpha value is -2.01. The van der Waals surface area contributed by atoms with Crippen LogP contribution in [0.3, 0.4) is 0 Å². The Labute approximate surface area is 126 Å². The van der Waals surface area contributed by atoms with Gasteiger partial charge in [0, 0.05) is 24.9 Å². The van der Waals surface area contributed by atoms with Crippen LogP contribution in [0.4, 0.5) is 0 Å².